The molecule has 3 N–H and O–H groups in total. The van der Waals surface area contributed by atoms with Crippen molar-refractivity contribution in [1.82, 2.24) is 4.98 Å². The van der Waals surface area contributed by atoms with E-state index in [1.807, 2.05) is 18.2 Å². The van der Waals surface area contributed by atoms with Crippen LogP contribution in [0.2, 0.25) is 0 Å². The van der Waals surface area contributed by atoms with Crippen molar-refractivity contribution in [3.05, 3.63) is 47.3 Å². The highest BCUT2D eigenvalue weighted by Gasteiger charge is 2.27. The number of piperidine rings is 1. The number of aromatic nitrogens is 1. The normalized spacial score (nSPS) is 16.8. The molecule has 1 aromatic heterocycles. The number of hydrogen-bond acceptors (Lipinski definition) is 5. The summed E-state index contributed by atoms with van der Waals surface area (Å²) in [5, 5.41) is 14.2. The van der Waals surface area contributed by atoms with Crippen molar-refractivity contribution in [3.63, 3.8) is 0 Å². The number of hydrogen-bond donors (Lipinski definition) is 2. The van der Waals surface area contributed by atoms with Gasteiger partial charge in [0.15, 0.2) is 5.13 Å². The average molecular weight is 367 g/mol. The number of fused-ring (bicyclic) bond motifs is 1. The molecule has 0 radical (unpaired) electrons. The number of rotatable bonds is 3. The molecule has 1 aliphatic heterocycles. The number of carboxylic acids is 1. The van der Waals surface area contributed by atoms with Gasteiger partial charge in [-0.2, -0.15) is 0 Å². The zero-order chi connectivity index (χ0) is 18.3. The van der Waals surface area contributed by atoms with Crippen molar-refractivity contribution in [1.29, 1.82) is 0 Å². The molecule has 6 heteroatoms. The van der Waals surface area contributed by atoms with Gasteiger partial charge in [0.25, 0.3) is 0 Å². The number of carboxylic acid groups (broad SMARTS) is 1. The molecule has 134 valence electrons. The van der Waals surface area contributed by atoms with Crippen molar-refractivity contribution >= 4 is 33.2 Å². The van der Waals surface area contributed by atoms with E-state index >= 15 is 0 Å². The Balaban J connectivity index is 1.59. The molecule has 1 aliphatic rings. The molecule has 0 bridgehead atoms. The number of aromatic carboxylic acids is 1. The van der Waals surface area contributed by atoms with Crippen LogP contribution in [0, 0.1) is 0 Å². The average Bonchev–Trinajstić information content (AvgIpc) is 3.10. The summed E-state index contributed by atoms with van der Waals surface area (Å²) in [4.78, 5) is 18.2. The van der Waals surface area contributed by atoms with Gasteiger partial charge in [0, 0.05) is 29.6 Å². The highest BCUT2D eigenvalue weighted by atomic mass is 32.1. The lowest BCUT2D eigenvalue weighted by Crippen LogP contribution is -2.48. The maximum Gasteiger partial charge on any atom is 0.335 e. The van der Waals surface area contributed by atoms with Crippen LogP contribution in [-0.4, -0.2) is 34.7 Å². The third-order valence-electron chi connectivity index (χ3n) is 5.05. The second-order valence-electron chi connectivity index (χ2n) is 7.24. The molecule has 0 spiro atoms. The van der Waals surface area contributed by atoms with Gasteiger partial charge in [-0.1, -0.05) is 18.2 Å². The minimum Gasteiger partial charge on any atom is -0.478 e. The smallest absolute Gasteiger partial charge is 0.335 e. The Bertz CT molecular complexity index is 970. The first kappa shape index (κ1) is 17.0. The van der Waals surface area contributed by atoms with E-state index in [1.54, 1.807) is 23.5 Å². The number of benzene rings is 2. The zero-order valence-corrected chi connectivity index (χ0v) is 15.4. The molecule has 0 unspecified atom stereocenters. The Hall–Kier alpha value is -2.44. The number of nitrogens with two attached hydrogens (primary N) is 1. The summed E-state index contributed by atoms with van der Waals surface area (Å²) >= 11 is 1.66. The molecule has 2 heterocycles. The fourth-order valence-corrected chi connectivity index (χ4v) is 4.18. The summed E-state index contributed by atoms with van der Waals surface area (Å²) in [6.07, 6.45) is 1.95. The van der Waals surface area contributed by atoms with Crippen LogP contribution in [0.3, 0.4) is 0 Å². The molecule has 0 amide bonds. The molecule has 26 heavy (non-hydrogen) atoms. The predicted molar refractivity (Wildman–Crippen MR) is 106 cm³/mol. The van der Waals surface area contributed by atoms with Crippen LogP contribution in [0.4, 0.5) is 5.13 Å². The summed E-state index contributed by atoms with van der Waals surface area (Å²) in [5.41, 5.74) is 8.45. The van der Waals surface area contributed by atoms with Crippen LogP contribution < -0.4 is 10.6 Å². The minimum absolute atomic E-state index is 0.0657. The van der Waals surface area contributed by atoms with Gasteiger partial charge in [-0.25, -0.2) is 9.78 Å². The van der Waals surface area contributed by atoms with E-state index in [0.29, 0.717) is 5.56 Å². The third kappa shape index (κ3) is 3.30. The van der Waals surface area contributed by atoms with E-state index in [0.717, 1.165) is 53.1 Å². The van der Waals surface area contributed by atoms with Gasteiger partial charge in [0.1, 0.15) is 0 Å². The molecule has 3 aromatic rings. The van der Waals surface area contributed by atoms with Crippen LogP contribution in [0.1, 0.15) is 30.1 Å². The van der Waals surface area contributed by atoms with Gasteiger partial charge in [-0.05, 0) is 48.7 Å². The van der Waals surface area contributed by atoms with Crippen molar-refractivity contribution < 1.29 is 9.90 Å². The maximum atomic E-state index is 11.1. The number of thiazole rings is 1. The quantitative estimate of drug-likeness (QED) is 0.732. The van der Waals surface area contributed by atoms with Gasteiger partial charge < -0.3 is 15.7 Å². The summed E-state index contributed by atoms with van der Waals surface area (Å²) in [7, 11) is 0. The first-order valence-corrected chi connectivity index (χ1v) is 9.56. The standard InChI is InChI=1S/C20H21N3O2S/c1-20(21)6-8-23(9-7-20)19-22-17(12-26-19)15-4-2-14-11-16(18(24)25)5-3-13(14)10-15/h2-5,10-12H,6-9,21H2,1H3,(H,24,25). The van der Waals surface area contributed by atoms with Crippen molar-refractivity contribution in [2.75, 3.05) is 18.0 Å². The van der Waals surface area contributed by atoms with E-state index in [9.17, 15) is 4.79 Å². The van der Waals surface area contributed by atoms with Crippen LogP contribution in [0.25, 0.3) is 22.0 Å². The van der Waals surface area contributed by atoms with Crippen LogP contribution >= 0.6 is 11.3 Å². The molecule has 0 aliphatic carbocycles. The lowest BCUT2D eigenvalue weighted by Gasteiger charge is -2.36. The number of carbonyl (C=O) groups is 1. The predicted octanol–water partition coefficient (Wildman–Crippen LogP) is 3.98. The fraction of sp³-hybridized carbons (Fsp3) is 0.300. The molecule has 1 fully saturated rings. The first-order valence-electron chi connectivity index (χ1n) is 8.68. The summed E-state index contributed by atoms with van der Waals surface area (Å²) in [5.74, 6) is -0.907. The molecule has 4 rings (SSSR count). The number of nitrogens with zero attached hydrogens (tertiary/aromatic N) is 2. The Kier molecular flexibility index (Phi) is 4.17. The van der Waals surface area contributed by atoms with E-state index < -0.39 is 5.97 Å². The SMILES string of the molecule is CC1(N)CCN(c2nc(-c3ccc4cc(C(=O)O)ccc4c3)cs2)CC1. The van der Waals surface area contributed by atoms with Gasteiger partial charge in [-0.15, -0.1) is 11.3 Å². The molecule has 2 aromatic carbocycles. The summed E-state index contributed by atoms with van der Waals surface area (Å²) in [6, 6.07) is 11.2. The third-order valence-corrected chi connectivity index (χ3v) is 5.95. The summed E-state index contributed by atoms with van der Waals surface area (Å²) in [6.45, 7) is 3.99. The van der Waals surface area contributed by atoms with Crippen molar-refractivity contribution in [2.24, 2.45) is 5.73 Å². The Labute approximate surface area is 156 Å². The zero-order valence-electron chi connectivity index (χ0n) is 14.6. The Morgan fingerprint density at radius 3 is 2.62 bits per heavy atom. The van der Waals surface area contributed by atoms with Crippen LogP contribution in [-0.2, 0) is 0 Å². The van der Waals surface area contributed by atoms with Crippen LogP contribution in [0.15, 0.2) is 41.8 Å². The number of anilines is 1. The lowest BCUT2D eigenvalue weighted by molar-refractivity contribution is 0.0697. The van der Waals surface area contributed by atoms with Crippen LogP contribution in [0.5, 0.6) is 0 Å². The maximum absolute atomic E-state index is 11.1. The van der Waals surface area contributed by atoms with E-state index in [1.165, 1.54) is 0 Å². The summed E-state index contributed by atoms with van der Waals surface area (Å²) < 4.78 is 0. The van der Waals surface area contributed by atoms with Gasteiger partial charge in [0.2, 0.25) is 0 Å². The van der Waals surface area contributed by atoms with E-state index in [2.05, 4.69) is 23.3 Å². The van der Waals surface area contributed by atoms with Crippen molar-refractivity contribution in [2.45, 2.75) is 25.3 Å². The largest absolute Gasteiger partial charge is 0.478 e. The van der Waals surface area contributed by atoms with E-state index in [4.69, 9.17) is 15.8 Å². The monoisotopic (exact) mass is 367 g/mol. The first-order chi connectivity index (χ1) is 12.4. The highest BCUT2D eigenvalue weighted by molar-refractivity contribution is 7.14. The fourth-order valence-electron chi connectivity index (χ4n) is 3.29. The molecule has 1 saturated heterocycles. The van der Waals surface area contributed by atoms with Crippen molar-refractivity contribution in [3.8, 4) is 11.3 Å². The lowest BCUT2D eigenvalue weighted by atomic mass is 9.91. The molecule has 0 saturated carbocycles. The molecular formula is C20H21N3O2S. The molecular weight excluding hydrogens is 346 g/mol. The molecule has 0 atom stereocenters. The topological polar surface area (TPSA) is 79.5 Å². The minimum atomic E-state index is -0.907. The second-order valence-corrected chi connectivity index (χ2v) is 8.07. The Morgan fingerprint density at radius 2 is 1.88 bits per heavy atom. The van der Waals surface area contributed by atoms with E-state index in [-0.39, 0.29) is 5.54 Å². The van der Waals surface area contributed by atoms with Gasteiger partial charge in [-0.3, -0.25) is 0 Å². The molecule has 5 nitrogen and oxygen atoms in total. The highest BCUT2D eigenvalue weighted by Crippen LogP contribution is 2.32. The van der Waals surface area contributed by atoms with Gasteiger partial charge in [0.05, 0.1) is 11.3 Å². The second kappa shape index (κ2) is 6.37. The van der Waals surface area contributed by atoms with Gasteiger partial charge >= 0.3 is 5.97 Å². The Morgan fingerprint density at radius 1 is 1.19 bits per heavy atom.